The Morgan fingerprint density at radius 3 is 2.85 bits per heavy atom. The van der Waals surface area contributed by atoms with E-state index in [1.165, 1.54) is 6.20 Å². The third kappa shape index (κ3) is 2.34. The summed E-state index contributed by atoms with van der Waals surface area (Å²) in [6, 6.07) is 1.90. The number of anilines is 1. The number of aromatic amines is 2. The smallest absolute Gasteiger partial charge is 0.212 e. The predicted octanol–water partition coefficient (Wildman–Crippen LogP) is 1.36. The van der Waals surface area contributed by atoms with Gasteiger partial charge in [-0.3, -0.25) is 9.89 Å². The summed E-state index contributed by atoms with van der Waals surface area (Å²) in [5, 5.41) is 6.45. The molecule has 1 aliphatic heterocycles. The summed E-state index contributed by atoms with van der Waals surface area (Å²) in [5.74, 6) is 0.976. The Morgan fingerprint density at radius 2 is 2.20 bits per heavy atom. The topological polar surface area (TPSA) is 90.8 Å². The molecular weight excluding hydrogens is 254 g/mol. The molecule has 0 atom stereocenters. The Morgan fingerprint density at radius 1 is 1.45 bits per heavy atom. The van der Waals surface area contributed by atoms with E-state index >= 15 is 0 Å². The first kappa shape index (κ1) is 12.9. The van der Waals surface area contributed by atoms with Crippen LogP contribution in [0.25, 0.3) is 0 Å². The zero-order valence-electron chi connectivity index (χ0n) is 11.5. The van der Waals surface area contributed by atoms with Crippen LogP contribution >= 0.6 is 0 Å². The Labute approximate surface area is 117 Å². The van der Waals surface area contributed by atoms with E-state index in [1.807, 2.05) is 6.07 Å². The number of nitrogens with zero attached hydrogens (tertiary/aromatic N) is 2. The molecule has 0 aliphatic carbocycles. The van der Waals surface area contributed by atoms with Crippen LogP contribution in [0.4, 0.5) is 5.82 Å². The highest BCUT2D eigenvalue weighted by Crippen LogP contribution is 2.32. The molecule has 2 aromatic heterocycles. The first-order valence-corrected chi connectivity index (χ1v) is 6.85. The van der Waals surface area contributed by atoms with Gasteiger partial charge in [0, 0.05) is 6.20 Å². The normalized spacial score (nSPS) is 17.4. The van der Waals surface area contributed by atoms with Crippen LogP contribution in [0, 0.1) is 0 Å². The quantitative estimate of drug-likeness (QED) is 0.736. The Hall–Kier alpha value is -2.08. The van der Waals surface area contributed by atoms with Crippen molar-refractivity contribution in [2.75, 3.05) is 25.9 Å². The van der Waals surface area contributed by atoms with Crippen LogP contribution in [0.1, 0.15) is 40.4 Å². The number of ketones is 1. The monoisotopic (exact) mass is 273 g/mol. The minimum Gasteiger partial charge on any atom is -0.385 e. The lowest BCUT2D eigenvalue weighted by Gasteiger charge is -2.28. The van der Waals surface area contributed by atoms with E-state index in [9.17, 15) is 4.79 Å². The van der Waals surface area contributed by atoms with Crippen LogP contribution in [0.5, 0.6) is 0 Å². The van der Waals surface area contributed by atoms with Gasteiger partial charge in [-0.2, -0.15) is 5.10 Å². The highest BCUT2D eigenvalue weighted by atomic mass is 16.1. The average molecular weight is 273 g/mol. The summed E-state index contributed by atoms with van der Waals surface area (Å²) >= 11 is 0. The number of hydrogen-bond donors (Lipinski definition) is 3. The molecule has 1 aliphatic rings. The number of carbonyl (C=O) groups is 1. The van der Waals surface area contributed by atoms with Crippen molar-refractivity contribution >= 4 is 11.6 Å². The minimum atomic E-state index is -0.0790. The van der Waals surface area contributed by atoms with E-state index in [0.717, 1.165) is 31.5 Å². The fraction of sp³-hybridized carbons (Fsp3) is 0.429. The van der Waals surface area contributed by atoms with Gasteiger partial charge < -0.3 is 15.6 Å². The lowest BCUT2D eigenvalue weighted by molar-refractivity contribution is 0.103. The van der Waals surface area contributed by atoms with E-state index in [0.29, 0.717) is 23.0 Å². The maximum atomic E-state index is 12.3. The summed E-state index contributed by atoms with van der Waals surface area (Å²) in [4.78, 5) is 17.6. The number of nitrogens with one attached hydrogen (secondary N) is 2. The molecule has 0 spiro atoms. The lowest BCUT2D eigenvalue weighted by Crippen LogP contribution is -2.29. The van der Waals surface area contributed by atoms with Crippen molar-refractivity contribution in [3.8, 4) is 0 Å². The number of H-pyrrole nitrogens is 2. The molecule has 3 rings (SSSR count). The van der Waals surface area contributed by atoms with Gasteiger partial charge in [-0.25, -0.2) is 0 Å². The van der Waals surface area contributed by atoms with Crippen LogP contribution in [-0.2, 0) is 0 Å². The van der Waals surface area contributed by atoms with Gasteiger partial charge in [0.2, 0.25) is 5.78 Å². The highest BCUT2D eigenvalue weighted by Gasteiger charge is 2.23. The molecule has 0 aromatic carbocycles. The molecule has 20 heavy (non-hydrogen) atoms. The van der Waals surface area contributed by atoms with Crippen molar-refractivity contribution in [1.29, 1.82) is 0 Å². The summed E-state index contributed by atoms with van der Waals surface area (Å²) in [5.41, 5.74) is 8.21. The van der Waals surface area contributed by atoms with Gasteiger partial charge in [0.05, 0.1) is 17.5 Å². The zero-order valence-corrected chi connectivity index (χ0v) is 11.5. The minimum absolute atomic E-state index is 0.0790. The standard InChI is InChI=1S/C14H19N5O/c1-19-4-2-9(3-5-19)11-6-12(18-14(11)15)13(20)10-7-16-17-8-10/h6-9,18H,2-5,15H2,1H3,(H,16,17). The molecule has 2 aromatic rings. The molecule has 106 valence electrons. The maximum Gasteiger partial charge on any atom is 0.212 e. The molecular formula is C14H19N5O. The Balaban J connectivity index is 1.82. The van der Waals surface area contributed by atoms with E-state index < -0.39 is 0 Å². The molecule has 0 radical (unpaired) electrons. The fourth-order valence-electron chi connectivity index (χ4n) is 2.80. The number of nitrogen functional groups attached to an aromatic ring is 1. The Bertz CT molecular complexity index is 593. The van der Waals surface area contributed by atoms with Crippen LogP contribution in [0.2, 0.25) is 0 Å². The van der Waals surface area contributed by atoms with Gasteiger partial charge in [0.15, 0.2) is 0 Å². The summed E-state index contributed by atoms with van der Waals surface area (Å²) in [6.07, 6.45) is 5.28. The van der Waals surface area contributed by atoms with E-state index in [1.54, 1.807) is 6.20 Å². The van der Waals surface area contributed by atoms with Crippen molar-refractivity contribution in [2.24, 2.45) is 0 Å². The van der Waals surface area contributed by atoms with Crippen molar-refractivity contribution in [1.82, 2.24) is 20.1 Å². The zero-order chi connectivity index (χ0) is 14.1. The molecule has 6 heteroatoms. The first-order chi connectivity index (χ1) is 9.65. The number of hydrogen-bond acceptors (Lipinski definition) is 4. The van der Waals surface area contributed by atoms with Crippen molar-refractivity contribution < 1.29 is 4.79 Å². The molecule has 0 unspecified atom stereocenters. The van der Waals surface area contributed by atoms with Gasteiger partial charge in [0.1, 0.15) is 5.82 Å². The number of aromatic nitrogens is 3. The van der Waals surface area contributed by atoms with Crippen molar-refractivity contribution in [2.45, 2.75) is 18.8 Å². The molecule has 6 nitrogen and oxygen atoms in total. The molecule has 0 saturated carbocycles. The second-order valence-corrected chi connectivity index (χ2v) is 5.45. The number of carbonyl (C=O) groups excluding carboxylic acids is 1. The largest absolute Gasteiger partial charge is 0.385 e. The lowest BCUT2D eigenvalue weighted by atomic mass is 9.90. The number of rotatable bonds is 3. The van der Waals surface area contributed by atoms with Crippen LogP contribution in [-0.4, -0.2) is 46.0 Å². The predicted molar refractivity (Wildman–Crippen MR) is 76.7 cm³/mol. The van der Waals surface area contributed by atoms with E-state index in [-0.39, 0.29) is 5.78 Å². The third-order valence-corrected chi connectivity index (χ3v) is 4.04. The van der Waals surface area contributed by atoms with Crippen LogP contribution in [0.15, 0.2) is 18.5 Å². The van der Waals surface area contributed by atoms with E-state index in [4.69, 9.17) is 5.73 Å². The molecule has 3 heterocycles. The summed E-state index contributed by atoms with van der Waals surface area (Å²) in [7, 11) is 2.13. The van der Waals surface area contributed by atoms with Gasteiger partial charge in [0.25, 0.3) is 0 Å². The van der Waals surface area contributed by atoms with Gasteiger partial charge in [-0.1, -0.05) is 0 Å². The second kappa shape index (κ2) is 5.13. The third-order valence-electron chi connectivity index (χ3n) is 4.04. The van der Waals surface area contributed by atoms with Gasteiger partial charge in [-0.15, -0.1) is 0 Å². The summed E-state index contributed by atoms with van der Waals surface area (Å²) < 4.78 is 0. The van der Waals surface area contributed by atoms with Gasteiger partial charge in [-0.05, 0) is 50.5 Å². The second-order valence-electron chi connectivity index (χ2n) is 5.45. The number of likely N-dealkylation sites (tertiary alicyclic amines) is 1. The number of nitrogens with two attached hydrogens (primary N) is 1. The Kier molecular flexibility index (Phi) is 3.31. The molecule has 0 amide bonds. The fourth-order valence-corrected chi connectivity index (χ4v) is 2.80. The van der Waals surface area contributed by atoms with Crippen molar-refractivity contribution in [3.63, 3.8) is 0 Å². The average Bonchev–Trinajstić information content (AvgIpc) is 3.08. The highest BCUT2D eigenvalue weighted by molar-refractivity contribution is 6.08. The first-order valence-electron chi connectivity index (χ1n) is 6.85. The molecule has 4 N–H and O–H groups in total. The number of piperidine rings is 1. The molecule has 0 bridgehead atoms. The van der Waals surface area contributed by atoms with Crippen LogP contribution < -0.4 is 5.73 Å². The molecule has 1 fully saturated rings. The van der Waals surface area contributed by atoms with Gasteiger partial charge >= 0.3 is 0 Å². The molecule has 1 saturated heterocycles. The van der Waals surface area contributed by atoms with Crippen molar-refractivity contribution in [3.05, 3.63) is 35.3 Å². The SMILES string of the molecule is CN1CCC(c2cc(C(=O)c3cn[nH]c3)[nH]c2N)CC1. The summed E-state index contributed by atoms with van der Waals surface area (Å²) in [6.45, 7) is 2.14. The van der Waals surface area contributed by atoms with Crippen LogP contribution in [0.3, 0.4) is 0 Å². The van der Waals surface area contributed by atoms with E-state index in [2.05, 4.69) is 27.1 Å². The maximum absolute atomic E-state index is 12.3.